The molecular formula is C11H11NO. The highest BCUT2D eigenvalue weighted by atomic mass is 16.6. The first-order valence-corrected chi connectivity index (χ1v) is 4.07. The normalized spacial score (nSPS) is 9.77. The summed E-state index contributed by atoms with van der Waals surface area (Å²) in [6.07, 6.45) is 7.29. The maximum atomic E-state index is 5.04. The molecule has 2 heteroatoms. The third-order valence-electron chi connectivity index (χ3n) is 1.41. The molecule has 0 fully saturated rings. The molecule has 0 aliphatic rings. The van der Waals surface area contributed by atoms with Crippen LogP contribution in [0.5, 0.6) is 0 Å². The van der Waals surface area contributed by atoms with Gasteiger partial charge in [-0.1, -0.05) is 35.5 Å². The standard InChI is InChI=1S/C11H11NO/c1-2-3-9-13-12-10-11-7-5-4-6-8-11/h1,4-8,10H,3,9H2. The molecule has 0 aliphatic carbocycles. The van der Waals surface area contributed by atoms with Crippen LogP contribution in [-0.4, -0.2) is 12.8 Å². The van der Waals surface area contributed by atoms with Gasteiger partial charge in [0.05, 0.1) is 6.21 Å². The second-order valence-electron chi connectivity index (χ2n) is 2.43. The van der Waals surface area contributed by atoms with Crippen molar-refractivity contribution in [3.63, 3.8) is 0 Å². The van der Waals surface area contributed by atoms with Gasteiger partial charge in [0.15, 0.2) is 0 Å². The highest BCUT2D eigenvalue weighted by Gasteiger charge is 1.83. The minimum absolute atomic E-state index is 0.472. The van der Waals surface area contributed by atoms with Gasteiger partial charge in [0.25, 0.3) is 0 Å². The first-order valence-electron chi connectivity index (χ1n) is 4.07. The van der Waals surface area contributed by atoms with Crippen LogP contribution in [0.25, 0.3) is 0 Å². The predicted octanol–water partition coefficient (Wildman–Crippen LogP) is 2.06. The molecule has 0 saturated heterocycles. The zero-order chi connectivity index (χ0) is 9.36. The van der Waals surface area contributed by atoms with E-state index in [0.717, 1.165) is 5.56 Å². The van der Waals surface area contributed by atoms with Gasteiger partial charge in [-0.05, 0) is 5.56 Å². The molecule has 0 unspecified atom stereocenters. The fourth-order valence-electron chi connectivity index (χ4n) is 0.795. The van der Waals surface area contributed by atoms with Gasteiger partial charge in [0, 0.05) is 6.42 Å². The molecule has 0 spiro atoms. The van der Waals surface area contributed by atoms with Gasteiger partial charge in [-0.15, -0.1) is 12.3 Å². The van der Waals surface area contributed by atoms with Gasteiger partial charge >= 0.3 is 0 Å². The lowest BCUT2D eigenvalue weighted by atomic mass is 10.2. The first kappa shape index (κ1) is 9.34. The van der Waals surface area contributed by atoms with Crippen molar-refractivity contribution in [2.24, 2.45) is 5.16 Å². The third-order valence-corrected chi connectivity index (χ3v) is 1.41. The number of hydrogen-bond donors (Lipinski definition) is 0. The van der Waals surface area contributed by atoms with Gasteiger partial charge < -0.3 is 4.84 Å². The van der Waals surface area contributed by atoms with Gasteiger partial charge in [-0.3, -0.25) is 0 Å². The van der Waals surface area contributed by atoms with E-state index in [4.69, 9.17) is 11.3 Å². The summed E-state index contributed by atoms with van der Waals surface area (Å²) < 4.78 is 0. The molecule has 0 radical (unpaired) electrons. The van der Waals surface area contributed by atoms with Crippen molar-refractivity contribution in [2.45, 2.75) is 6.42 Å². The zero-order valence-corrected chi connectivity index (χ0v) is 7.31. The Morgan fingerprint density at radius 3 is 2.85 bits per heavy atom. The molecule has 2 nitrogen and oxygen atoms in total. The molecule has 0 amide bonds. The minimum atomic E-state index is 0.472. The Kier molecular flexibility index (Phi) is 4.20. The zero-order valence-electron chi connectivity index (χ0n) is 7.31. The first-order chi connectivity index (χ1) is 6.43. The Hall–Kier alpha value is -1.75. The number of hydrogen-bond acceptors (Lipinski definition) is 2. The Morgan fingerprint density at radius 2 is 2.15 bits per heavy atom. The summed E-state index contributed by atoms with van der Waals surface area (Å²) in [7, 11) is 0. The van der Waals surface area contributed by atoms with Crippen molar-refractivity contribution in [3.8, 4) is 12.3 Å². The molecule has 0 aliphatic heterocycles. The summed E-state index contributed by atoms with van der Waals surface area (Å²) in [5.74, 6) is 2.47. The lowest BCUT2D eigenvalue weighted by Gasteiger charge is -1.93. The topological polar surface area (TPSA) is 21.6 Å². The molecule has 1 aromatic carbocycles. The smallest absolute Gasteiger partial charge is 0.128 e. The molecule has 0 N–H and O–H groups in total. The fraction of sp³-hybridized carbons (Fsp3) is 0.182. The van der Waals surface area contributed by atoms with Crippen LogP contribution in [0.4, 0.5) is 0 Å². The van der Waals surface area contributed by atoms with Gasteiger partial charge in [-0.2, -0.15) is 0 Å². The maximum absolute atomic E-state index is 5.04. The summed E-state index contributed by atoms with van der Waals surface area (Å²) in [5.41, 5.74) is 1.02. The molecule has 0 atom stereocenters. The summed E-state index contributed by atoms with van der Waals surface area (Å²) in [4.78, 5) is 4.90. The lowest BCUT2D eigenvalue weighted by molar-refractivity contribution is 0.152. The molecular weight excluding hydrogens is 162 g/mol. The molecule has 0 bridgehead atoms. The quantitative estimate of drug-likeness (QED) is 0.295. The molecule has 0 heterocycles. The number of rotatable bonds is 4. The van der Waals surface area contributed by atoms with Crippen molar-refractivity contribution in [1.29, 1.82) is 0 Å². The Balaban J connectivity index is 2.29. The van der Waals surface area contributed by atoms with Gasteiger partial charge in [-0.25, -0.2) is 0 Å². The van der Waals surface area contributed by atoms with Gasteiger partial charge in [0.1, 0.15) is 6.61 Å². The molecule has 0 saturated carbocycles. The summed E-state index contributed by atoms with van der Waals surface area (Å²) in [6, 6.07) is 9.75. The maximum Gasteiger partial charge on any atom is 0.128 e. The highest BCUT2D eigenvalue weighted by molar-refractivity contribution is 5.78. The molecule has 66 valence electrons. The van der Waals surface area contributed by atoms with E-state index in [9.17, 15) is 0 Å². The average molecular weight is 173 g/mol. The van der Waals surface area contributed by atoms with E-state index < -0.39 is 0 Å². The van der Waals surface area contributed by atoms with Crippen LogP contribution in [-0.2, 0) is 4.84 Å². The van der Waals surface area contributed by atoms with E-state index >= 15 is 0 Å². The van der Waals surface area contributed by atoms with Crippen molar-refractivity contribution < 1.29 is 4.84 Å². The summed E-state index contributed by atoms with van der Waals surface area (Å²) >= 11 is 0. The van der Waals surface area contributed by atoms with E-state index in [1.807, 2.05) is 30.3 Å². The fourth-order valence-corrected chi connectivity index (χ4v) is 0.795. The number of nitrogens with zero attached hydrogens (tertiary/aromatic N) is 1. The molecule has 0 aromatic heterocycles. The second kappa shape index (κ2) is 5.84. The molecule has 1 aromatic rings. The number of oxime groups is 1. The largest absolute Gasteiger partial charge is 0.395 e. The van der Waals surface area contributed by atoms with Crippen LogP contribution in [0.15, 0.2) is 35.5 Å². The van der Waals surface area contributed by atoms with E-state index in [0.29, 0.717) is 13.0 Å². The van der Waals surface area contributed by atoms with Crippen molar-refractivity contribution in [3.05, 3.63) is 35.9 Å². The van der Waals surface area contributed by atoms with E-state index in [2.05, 4.69) is 11.1 Å². The van der Waals surface area contributed by atoms with Crippen LogP contribution in [0.2, 0.25) is 0 Å². The monoisotopic (exact) mass is 173 g/mol. The number of terminal acetylenes is 1. The number of benzene rings is 1. The van der Waals surface area contributed by atoms with Crippen molar-refractivity contribution in [2.75, 3.05) is 6.61 Å². The van der Waals surface area contributed by atoms with Crippen LogP contribution >= 0.6 is 0 Å². The lowest BCUT2D eigenvalue weighted by Crippen LogP contribution is -1.86. The SMILES string of the molecule is C#CCCON=Cc1ccccc1. The summed E-state index contributed by atoms with van der Waals surface area (Å²) in [6.45, 7) is 0.472. The molecule has 1 rings (SSSR count). The van der Waals surface area contributed by atoms with Crippen LogP contribution in [0.1, 0.15) is 12.0 Å². The average Bonchev–Trinajstić information content (AvgIpc) is 2.19. The Morgan fingerprint density at radius 1 is 1.38 bits per heavy atom. The van der Waals surface area contributed by atoms with E-state index in [1.165, 1.54) is 0 Å². The van der Waals surface area contributed by atoms with Crippen LogP contribution in [0.3, 0.4) is 0 Å². The second-order valence-corrected chi connectivity index (χ2v) is 2.43. The third kappa shape index (κ3) is 3.97. The predicted molar refractivity (Wildman–Crippen MR) is 53.4 cm³/mol. The Bertz CT molecular complexity index is 298. The molecule has 13 heavy (non-hydrogen) atoms. The van der Waals surface area contributed by atoms with E-state index in [-0.39, 0.29) is 0 Å². The summed E-state index contributed by atoms with van der Waals surface area (Å²) in [5, 5.41) is 3.76. The van der Waals surface area contributed by atoms with Crippen molar-refractivity contribution >= 4 is 6.21 Å². The Labute approximate surface area is 78.2 Å². The highest BCUT2D eigenvalue weighted by Crippen LogP contribution is 1.94. The van der Waals surface area contributed by atoms with Crippen molar-refractivity contribution in [1.82, 2.24) is 0 Å². The van der Waals surface area contributed by atoms with Gasteiger partial charge in [0.2, 0.25) is 0 Å². The minimum Gasteiger partial charge on any atom is -0.395 e. The van der Waals surface area contributed by atoms with Crippen LogP contribution < -0.4 is 0 Å². The van der Waals surface area contributed by atoms with E-state index in [1.54, 1.807) is 6.21 Å². The van der Waals surface area contributed by atoms with Crippen LogP contribution in [0, 0.1) is 12.3 Å².